The SMILES string of the molecule is COc1ccccc1CC(C)NCC(C)c1nccs1. The minimum Gasteiger partial charge on any atom is -0.496 e. The lowest BCUT2D eigenvalue weighted by atomic mass is 10.1. The van der Waals surface area contributed by atoms with Gasteiger partial charge in [0.05, 0.1) is 12.1 Å². The summed E-state index contributed by atoms with van der Waals surface area (Å²) in [6, 6.07) is 8.61. The van der Waals surface area contributed by atoms with E-state index in [1.54, 1.807) is 18.4 Å². The van der Waals surface area contributed by atoms with E-state index in [0.717, 1.165) is 18.7 Å². The van der Waals surface area contributed by atoms with E-state index in [1.807, 2.05) is 23.7 Å². The summed E-state index contributed by atoms with van der Waals surface area (Å²) in [4.78, 5) is 4.36. The molecular formula is C16H22N2OS. The van der Waals surface area contributed by atoms with Crippen LogP contribution in [-0.2, 0) is 6.42 Å². The van der Waals surface area contributed by atoms with Crippen molar-refractivity contribution in [1.82, 2.24) is 10.3 Å². The lowest BCUT2D eigenvalue weighted by Crippen LogP contribution is -2.31. The summed E-state index contributed by atoms with van der Waals surface area (Å²) in [6.45, 7) is 5.37. The Bertz CT molecular complexity index is 513. The molecule has 1 heterocycles. The zero-order valence-corrected chi connectivity index (χ0v) is 13.1. The lowest BCUT2D eigenvalue weighted by molar-refractivity contribution is 0.405. The number of hydrogen-bond acceptors (Lipinski definition) is 4. The van der Waals surface area contributed by atoms with Crippen LogP contribution in [-0.4, -0.2) is 24.7 Å². The molecule has 0 aliphatic carbocycles. The van der Waals surface area contributed by atoms with E-state index in [4.69, 9.17) is 4.74 Å². The minimum absolute atomic E-state index is 0.411. The summed E-state index contributed by atoms with van der Waals surface area (Å²) >= 11 is 1.72. The standard InChI is InChI=1S/C16H22N2OS/c1-12(16-17-8-9-20-16)11-18-13(2)10-14-6-4-5-7-15(14)19-3/h4-9,12-13,18H,10-11H2,1-3H3. The van der Waals surface area contributed by atoms with Gasteiger partial charge in [0.15, 0.2) is 0 Å². The average Bonchev–Trinajstić information content (AvgIpc) is 2.99. The first-order chi connectivity index (χ1) is 9.70. The summed E-state index contributed by atoms with van der Waals surface area (Å²) in [5, 5.41) is 6.81. The number of nitrogens with one attached hydrogen (secondary N) is 1. The fourth-order valence-corrected chi connectivity index (χ4v) is 2.92. The van der Waals surface area contributed by atoms with Crippen molar-refractivity contribution < 1.29 is 4.74 Å². The number of hydrogen-bond donors (Lipinski definition) is 1. The van der Waals surface area contributed by atoms with Gasteiger partial charge in [-0.2, -0.15) is 0 Å². The first-order valence-corrected chi connectivity index (χ1v) is 7.83. The fraction of sp³-hybridized carbons (Fsp3) is 0.438. The van der Waals surface area contributed by atoms with Gasteiger partial charge < -0.3 is 10.1 Å². The highest BCUT2D eigenvalue weighted by Gasteiger charge is 2.11. The normalized spacial score (nSPS) is 13.9. The van der Waals surface area contributed by atoms with Crippen molar-refractivity contribution in [3.05, 3.63) is 46.4 Å². The summed E-state index contributed by atoms with van der Waals surface area (Å²) in [5.74, 6) is 1.42. The van der Waals surface area contributed by atoms with Crippen molar-refractivity contribution in [2.45, 2.75) is 32.2 Å². The van der Waals surface area contributed by atoms with Crippen LogP contribution in [0.4, 0.5) is 0 Å². The molecule has 0 bridgehead atoms. The molecule has 3 nitrogen and oxygen atoms in total. The maximum Gasteiger partial charge on any atom is 0.122 e. The maximum absolute atomic E-state index is 5.39. The molecule has 2 aromatic rings. The van der Waals surface area contributed by atoms with Gasteiger partial charge in [-0.15, -0.1) is 11.3 Å². The molecule has 2 rings (SSSR count). The smallest absolute Gasteiger partial charge is 0.122 e. The first kappa shape index (κ1) is 15.0. The molecule has 0 saturated carbocycles. The molecule has 0 radical (unpaired) electrons. The van der Waals surface area contributed by atoms with Crippen LogP contribution in [0.25, 0.3) is 0 Å². The molecule has 1 aromatic heterocycles. The van der Waals surface area contributed by atoms with Crippen molar-refractivity contribution in [2.24, 2.45) is 0 Å². The van der Waals surface area contributed by atoms with Gasteiger partial charge in [-0.05, 0) is 25.0 Å². The molecule has 2 atom stereocenters. The van der Waals surface area contributed by atoms with Crippen molar-refractivity contribution in [3.63, 3.8) is 0 Å². The Kier molecular flexibility index (Phi) is 5.56. The maximum atomic E-state index is 5.39. The summed E-state index contributed by atoms with van der Waals surface area (Å²) in [6.07, 6.45) is 2.84. The van der Waals surface area contributed by atoms with Crippen LogP contribution in [0.3, 0.4) is 0 Å². The fourth-order valence-electron chi connectivity index (χ4n) is 2.22. The number of para-hydroxylation sites is 1. The van der Waals surface area contributed by atoms with E-state index in [1.165, 1.54) is 10.6 Å². The Hall–Kier alpha value is -1.39. The predicted octanol–water partition coefficient (Wildman–Crippen LogP) is 3.48. The average molecular weight is 290 g/mol. The van der Waals surface area contributed by atoms with Crippen LogP contribution in [0.15, 0.2) is 35.8 Å². The Balaban J connectivity index is 1.85. The molecule has 0 aliphatic heterocycles. The third-order valence-electron chi connectivity index (χ3n) is 3.36. The number of benzene rings is 1. The van der Waals surface area contributed by atoms with Gasteiger partial charge in [0.1, 0.15) is 5.75 Å². The highest BCUT2D eigenvalue weighted by atomic mass is 32.1. The topological polar surface area (TPSA) is 34.1 Å². The number of methoxy groups -OCH3 is 1. The molecule has 1 aromatic carbocycles. The van der Waals surface area contributed by atoms with E-state index in [9.17, 15) is 0 Å². The molecule has 0 saturated heterocycles. The largest absolute Gasteiger partial charge is 0.496 e. The predicted molar refractivity (Wildman–Crippen MR) is 84.7 cm³/mol. The third-order valence-corrected chi connectivity index (χ3v) is 4.37. The second-order valence-electron chi connectivity index (χ2n) is 5.10. The van der Waals surface area contributed by atoms with E-state index in [-0.39, 0.29) is 0 Å². The van der Waals surface area contributed by atoms with Gasteiger partial charge in [0.25, 0.3) is 0 Å². The number of thiazole rings is 1. The highest BCUT2D eigenvalue weighted by Crippen LogP contribution is 2.20. The van der Waals surface area contributed by atoms with Gasteiger partial charge in [0, 0.05) is 30.1 Å². The molecule has 0 fully saturated rings. The third kappa shape index (κ3) is 4.05. The van der Waals surface area contributed by atoms with Crippen molar-refractivity contribution in [2.75, 3.05) is 13.7 Å². The summed E-state index contributed by atoms with van der Waals surface area (Å²) in [7, 11) is 1.72. The Labute approximate surface area is 125 Å². The van der Waals surface area contributed by atoms with Crippen LogP contribution < -0.4 is 10.1 Å². The lowest BCUT2D eigenvalue weighted by Gasteiger charge is -2.18. The zero-order chi connectivity index (χ0) is 14.4. The van der Waals surface area contributed by atoms with Gasteiger partial charge in [-0.25, -0.2) is 4.98 Å². The molecule has 0 spiro atoms. The number of nitrogens with zero attached hydrogens (tertiary/aromatic N) is 1. The van der Waals surface area contributed by atoms with Crippen LogP contribution >= 0.6 is 11.3 Å². The van der Waals surface area contributed by atoms with Crippen LogP contribution in [0.1, 0.15) is 30.3 Å². The van der Waals surface area contributed by atoms with Crippen LogP contribution in [0.5, 0.6) is 5.75 Å². The second kappa shape index (κ2) is 7.41. The molecule has 4 heteroatoms. The van der Waals surface area contributed by atoms with E-state index in [0.29, 0.717) is 12.0 Å². The highest BCUT2D eigenvalue weighted by molar-refractivity contribution is 7.09. The summed E-state index contributed by atoms with van der Waals surface area (Å²) in [5.41, 5.74) is 1.25. The first-order valence-electron chi connectivity index (χ1n) is 6.95. The van der Waals surface area contributed by atoms with E-state index < -0.39 is 0 Å². The van der Waals surface area contributed by atoms with Gasteiger partial charge in [0.2, 0.25) is 0 Å². The molecule has 108 valence electrons. The van der Waals surface area contributed by atoms with Crippen LogP contribution in [0, 0.1) is 0 Å². The molecule has 20 heavy (non-hydrogen) atoms. The molecule has 1 N–H and O–H groups in total. The number of aromatic nitrogens is 1. The quantitative estimate of drug-likeness (QED) is 0.848. The van der Waals surface area contributed by atoms with Gasteiger partial charge in [-0.1, -0.05) is 25.1 Å². The minimum atomic E-state index is 0.411. The summed E-state index contributed by atoms with van der Waals surface area (Å²) < 4.78 is 5.39. The molecule has 0 aliphatic rings. The van der Waals surface area contributed by atoms with Crippen molar-refractivity contribution in [1.29, 1.82) is 0 Å². The van der Waals surface area contributed by atoms with Crippen molar-refractivity contribution in [3.8, 4) is 5.75 Å². The number of ether oxygens (including phenoxy) is 1. The van der Waals surface area contributed by atoms with Gasteiger partial charge >= 0.3 is 0 Å². The second-order valence-corrected chi connectivity index (χ2v) is 6.02. The van der Waals surface area contributed by atoms with Crippen molar-refractivity contribution >= 4 is 11.3 Å². The Morgan fingerprint density at radius 3 is 2.80 bits per heavy atom. The van der Waals surface area contributed by atoms with E-state index in [2.05, 4.69) is 36.3 Å². The zero-order valence-electron chi connectivity index (χ0n) is 12.3. The molecule has 2 unspecified atom stereocenters. The monoisotopic (exact) mass is 290 g/mol. The van der Waals surface area contributed by atoms with Gasteiger partial charge in [-0.3, -0.25) is 0 Å². The Morgan fingerprint density at radius 2 is 2.10 bits per heavy atom. The van der Waals surface area contributed by atoms with Crippen LogP contribution in [0.2, 0.25) is 0 Å². The molecule has 0 amide bonds. The van der Waals surface area contributed by atoms with E-state index >= 15 is 0 Å². The molecular weight excluding hydrogens is 268 g/mol. The Morgan fingerprint density at radius 1 is 1.30 bits per heavy atom. The number of rotatable bonds is 7.